The van der Waals surface area contributed by atoms with Crippen molar-refractivity contribution in [3.05, 3.63) is 28.8 Å². The van der Waals surface area contributed by atoms with Crippen molar-refractivity contribution in [2.24, 2.45) is 11.1 Å². The second-order valence-electron chi connectivity index (χ2n) is 6.31. The van der Waals surface area contributed by atoms with Crippen molar-refractivity contribution in [1.82, 2.24) is 4.90 Å². The predicted molar refractivity (Wildman–Crippen MR) is 84.4 cm³/mol. The Bertz CT molecular complexity index is 452. The SMILES string of the molecule is COc1cccc(Cl)c1C(CN)N1CCC(C)(C)CC1. The largest absolute Gasteiger partial charge is 0.496 e. The topological polar surface area (TPSA) is 38.5 Å². The fourth-order valence-corrected chi connectivity index (χ4v) is 3.20. The molecule has 0 radical (unpaired) electrons. The fourth-order valence-electron chi connectivity index (χ4n) is 2.91. The van der Waals surface area contributed by atoms with E-state index in [4.69, 9.17) is 22.1 Å². The molecular formula is C16H25ClN2O. The summed E-state index contributed by atoms with van der Waals surface area (Å²) in [5.74, 6) is 0.831. The van der Waals surface area contributed by atoms with Crippen molar-refractivity contribution >= 4 is 11.6 Å². The molecule has 2 N–H and O–H groups in total. The van der Waals surface area contributed by atoms with Crippen LogP contribution in [0.25, 0.3) is 0 Å². The second-order valence-corrected chi connectivity index (χ2v) is 6.71. The minimum Gasteiger partial charge on any atom is -0.496 e. The van der Waals surface area contributed by atoms with Gasteiger partial charge in [0.15, 0.2) is 0 Å². The Morgan fingerprint density at radius 1 is 1.35 bits per heavy atom. The molecule has 2 rings (SSSR count). The van der Waals surface area contributed by atoms with Gasteiger partial charge in [-0.25, -0.2) is 0 Å². The molecule has 0 aromatic heterocycles. The first-order chi connectivity index (χ1) is 9.48. The van der Waals surface area contributed by atoms with Gasteiger partial charge in [-0.3, -0.25) is 4.90 Å². The molecule has 0 spiro atoms. The maximum absolute atomic E-state index is 6.39. The number of ether oxygens (including phenoxy) is 1. The minimum absolute atomic E-state index is 0.134. The molecule has 0 amide bonds. The lowest BCUT2D eigenvalue weighted by Gasteiger charge is -2.41. The third-order valence-corrected chi connectivity index (χ3v) is 4.71. The van der Waals surface area contributed by atoms with E-state index in [-0.39, 0.29) is 6.04 Å². The molecule has 20 heavy (non-hydrogen) atoms. The normalized spacial score (nSPS) is 20.6. The molecule has 1 unspecified atom stereocenters. The van der Waals surface area contributed by atoms with Crippen molar-refractivity contribution in [3.8, 4) is 5.75 Å². The molecule has 1 aliphatic rings. The monoisotopic (exact) mass is 296 g/mol. The van der Waals surface area contributed by atoms with Gasteiger partial charge in [-0.1, -0.05) is 31.5 Å². The summed E-state index contributed by atoms with van der Waals surface area (Å²) < 4.78 is 5.47. The van der Waals surface area contributed by atoms with E-state index in [2.05, 4.69) is 18.7 Å². The average molecular weight is 297 g/mol. The summed E-state index contributed by atoms with van der Waals surface area (Å²) in [5, 5.41) is 0.740. The van der Waals surface area contributed by atoms with E-state index in [9.17, 15) is 0 Å². The standard InChI is InChI=1S/C16H25ClN2O/c1-16(2)7-9-19(10-8-16)13(11-18)15-12(17)5-4-6-14(15)20-3/h4-6,13H,7-11,18H2,1-3H3. The number of likely N-dealkylation sites (tertiary alicyclic amines) is 1. The second kappa shape index (κ2) is 6.33. The van der Waals surface area contributed by atoms with Crippen molar-refractivity contribution in [2.75, 3.05) is 26.7 Å². The first-order valence-corrected chi connectivity index (χ1v) is 7.63. The Hall–Kier alpha value is -0.770. The summed E-state index contributed by atoms with van der Waals surface area (Å²) in [4.78, 5) is 2.44. The van der Waals surface area contributed by atoms with Gasteiger partial charge in [-0.2, -0.15) is 0 Å². The van der Waals surface area contributed by atoms with Crippen LogP contribution >= 0.6 is 11.6 Å². The Kier molecular flexibility index (Phi) is 4.95. The Balaban J connectivity index is 2.25. The van der Waals surface area contributed by atoms with E-state index in [0.29, 0.717) is 12.0 Å². The Morgan fingerprint density at radius 3 is 2.55 bits per heavy atom. The Labute approximate surface area is 127 Å². The predicted octanol–water partition coefficient (Wildman–Crippen LogP) is 3.47. The highest BCUT2D eigenvalue weighted by Gasteiger charge is 2.31. The summed E-state index contributed by atoms with van der Waals surface area (Å²) >= 11 is 6.39. The van der Waals surface area contributed by atoms with Gasteiger partial charge in [-0.05, 0) is 43.5 Å². The van der Waals surface area contributed by atoms with Crippen LogP contribution in [0.15, 0.2) is 18.2 Å². The van der Waals surface area contributed by atoms with Gasteiger partial charge in [0, 0.05) is 17.1 Å². The third kappa shape index (κ3) is 3.27. The van der Waals surface area contributed by atoms with E-state index < -0.39 is 0 Å². The molecule has 1 fully saturated rings. The number of halogens is 1. The number of nitrogens with two attached hydrogens (primary N) is 1. The number of rotatable bonds is 4. The number of benzene rings is 1. The highest BCUT2D eigenvalue weighted by Crippen LogP contribution is 2.38. The fraction of sp³-hybridized carbons (Fsp3) is 0.625. The molecule has 0 bridgehead atoms. The zero-order valence-corrected chi connectivity index (χ0v) is 13.4. The molecule has 1 saturated heterocycles. The zero-order chi connectivity index (χ0) is 14.8. The lowest BCUT2D eigenvalue weighted by atomic mass is 9.82. The molecule has 1 heterocycles. The number of hydrogen-bond donors (Lipinski definition) is 1. The van der Waals surface area contributed by atoms with E-state index in [1.807, 2.05) is 18.2 Å². The van der Waals surface area contributed by atoms with E-state index in [1.165, 1.54) is 12.8 Å². The molecule has 1 atom stereocenters. The highest BCUT2D eigenvalue weighted by atomic mass is 35.5. The minimum atomic E-state index is 0.134. The molecule has 0 saturated carbocycles. The van der Waals surface area contributed by atoms with Crippen molar-refractivity contribution in [1.29, 1.82) is 0 Å². The van der Waals surface area contributed by atoms with Gasteiger partial charge in [0.05, 0.1) is 13.2 Å². The smallest absolute Gasteiger partial charge is 0.125 e. The lowest BCUT2D eigenvalue weighted by Crippen LogP contribution is -2.42. The summed E-state index contributed by atoms with van der Waals surface area (Å²) in [7, 11) is 1.68. The van der Waals surface area contributed by atoms with E-state index in [1.54, 1.807) is 7.11 Å². The summed E-state index contributed by atoms with van der Waals surface area (Å²) in [5.41, 5.74) is 7.50. The molecule has 112 valence electrons. The van der Waals surface area contributed by atoms with Gasteiger partial charge in [0.2, 0.25) is 0 Å². The average Bonchev–Trinajstić information content (AvgIpc) is 2.42. The molecule has 4 heteroatoms. The molecule has 0 aliphatic carbocycles. The summed E-state index contributed by atoms with van der Waals surface area (Å²) in [6, 6.07) is 5.92. The lowest BCUT2D eigenvalue weighted by molar-refractivity contribution is 0.0953. The summed E-state index contributed by atoms with van der Waals surface area (Å²) in [6.45, 7) is 7.34. The van der Waals surface area contributed by atoms with Crippen LogP contribution in [0, 0.1) is 5.41 Å². The molecule has 1 aromatic carbocycles. The van der Waals surface area contributed by atoms with Crippen LogP contribution in [0.2, 0.25) is 5.02 Å². The van der Waals surface area contributed by atoms with Crippen molar-refractivity contribution in [3.63, 3.8) is 0 Å². The van der Waals surface area contributed by atoms with Gasteiger partial charge in [0.25, 0.3) is 0 Å². The highest BCUT2D eigenvalue weighted by molar-refractivity contribution is 6.31. The van der Waals surface area contributed by atoms with Crippen LogP contribution in [0.5, 0.6) is 5.75 Å². The first-order valence-electron chi connectivity index (χ1n) is 7.25. The number of piperidine rings is 1. The van der Waals surface area contributed by atoms with E-state index in [0.717, 1.165) is 29.4 Å². The van der Waals surface area contributed by atoms with Crippen LogP contribution in [-0.2, 0) is 0 Å². The Morgan fingerprint density at radius 2 is 2.00 bits per heavy atom. The van der Waals surface area contributed by atoms with Crippen LogP contribution < -0.4 is 10.5 Å². The number of nitrogens with zero attached hydrogens (tertiary/aromatic N) is 1. The molecule has 3 nitrogen and oxygen atoms in total. The quantitative estimate of drug-likeness (QED) is 0.924. The van der Waals surface area contributed by atoms with Gasteiger partial charge >= 0.3 is 0 Å². The van der Waals surface area contributed by atoms with Gasteiger partial charge in [-0.15, -0.1) is 0 Å². The van der Waals surface area contributed by atoms with Gasteiger partial charge in [0.1, 0.15) is 5.75 Å². The first kappa shape index (κ1) is 15.6. The van der Waals surface area contributed by atoms with Crippen LogP contribution in [-0.4, -0.2) is 31.6 Å². The number of hydrogen-bond acceptors (Lipinski definition) is 3. The molecule has 1 aromatic rings. The zero-order valence-electron chi connectivity index (χ0n) is 12.7. The van der Waals surface area contributed by atoms with Crippen molar-refractivity contribution in [2.45, 2.75) is 32.7 Å². The molecular weight excluding hydrogens is 272 g/mol. The maximum Gasteiger partial charge on any atom is 0.125 e. The number of methoxy groups -OCH3 is 1. The third-order valence-electron chi connectivity index (χ3n) is 4.38. The van der Waals surface area contributed by atoms with Crippen molar-refractivity contribution < 1.29 is 4.74 Å². The van der Waals surface area contributed by atoms with Gasteiger partial charge < -0.3 is 10.5 Å². The summed E-state index contributed by atoms with van der Waals surface area (Å²) in [6.07, 6.45) is 2.38. The maximum atomic E-state index is 6.39. The van der Waals surface area contributed by atoms with Crippen LogP contribution in [0.4, 0.5) is 0 Å². The molecule has 1 aliphatic heterocycles. The van der Waals surface area contributed by atoms with E-state index >= 15 is 0 Å². The van der Waals surface area contributed by atoms with Crippen LogP contribution in [0.3, 0.4) is 0 Å². The van der Waals surface area contributed by atoms with Crippen LogP contribution in [0.1, 0.15) is 38.3 Å².